The van der Waals surface area contributed by atoms with E-state index >= 15 is 0 Å². The van der Waals surface area contributed by atoms with Gasteiger partial charge >= 0.3 is 0 Å². The molecule has 2 N–H and O–H groups in total. The number of hydrogen-bond donors (Lipinski definition) is 1. The van der Waals surface area contributed by atoms with E-state index in [1.54, 1.807) is 7.11 Å². The Morgan fingerprint density at radius 3 is 2.56 bits per heavy atom. The first-order chi connectivity index (χ1) is 7.60. The lowest BCUT2D eigenvalue weighted by Gasteiger charge is -2.14. The van der Waals surface area contributed by atoms with Crippen LogP contribution in [-0.2, 0) is 11.3 Å². The van der Waals surface area contributed by atoms with E-state index in [0.29, 0.717) is 29.7 Å². The molecule has 0 radical (unpaired) electrons. The smallest absolute Gasteiger partial charge is 0.140 e. The van der Waals surface area contributed by atoms with Crippen molar-refractivity contribution < 1.29 is 9.57 Å². The Morgan fingerprint density at radius 2 is 2.06 bits per heavy atom. The van der Waals surface area contributed by atoms with E-state index in [0.717, 1.165) is 5.56 Å². The van der Waals surface area contributed by atoms with Gasteiger partial charge in [-0.2, -0.15) is 0 Å². The molecule has 0 aliphatic heterocycles. The van der Waals surface area contributed by atoms with Crippen LogP contribution < -0.4 is 10.6 Å². The van der Waals surface area contributed by atoms with Gasteiger partial charge in [0.15, 0.2) is 0 Å². The molecule has 0 saturated carbocycles. The van der Waals surface area contributed by atoms with Crippen LogP contribution >= 0.6 is 11.6 Å². The van der Waals surface area contributed by atoms with E-state index in [2.05, 4.69) is 24.8 Å². The highest BCUT2D eigenvalue weighted by atomic mass is 35.5. The van der Waals surface area contributed by atoms with Crippen molar-refractivity contribution >= 4 is 11.6 Å². The van der Waals surface area contributed by atoms with Crippen LogP contribution in [0.3, 0.4) is 0 Å². The summed E-state index contributed by atoms with van der Waals surface area (Å²) in [5.41, 5.74) is 2.22. The molecule has 0 fully saturated rings. The van der Waals surface area contributed by atoms with E-state index in [4.69, 9.17) is 22.2 Å². The number of benzene rings is 1. The minimum Gasteiger partial charge on any atom is -0.495 e. The van der Waals surface area contributed by atoms with Crippen LogP contribution in [0, 0.1) is 0 Å². The predicted molar refractivity (Wildman–Crippen MR) is 65.9 cm³/mol. The van der Waals surface area contributed by atoms with Crippen LogP contribution in [0.1, 0.15) is 30.9 Å². The molecular weight excluding hydrogens is 226 g/mol. The summed E-state index contributed by atoms with van der Waals surface area (Å²) >= 11 is 6.16. The number of halogens is 1. The molecule has 0 aliphatic carbocycles. The molecule has 0 atom stereocenters. The first-order valence-electron chi connectivity index (χ1n) is 5.28. The van der Waals surface area contributed by atoms with Gasteiger partial charge in [0.25, 0.3) is 0 Å². The van der Waals surface area contributed by atoms with E-state index in [-0.39, 0.29) is 0 Å². The van der Waals surface area contributed by atoms with Crippen molar-refractivity contribution in [3.63, 3.8) is 0 Å². The van der Waals surface area contributed by atoms with Crippen LogP contribution in [0.25, 0.3) is 0 Å². The van der Waals surface area contributed by atoms with Crippen LogP contribution in [0.15, 0.2) is 12.1 Å². The standard InChI is InChI=1S/C12H18ClNO2/c1-8(2)10-6-9(4-5-16-14)12(15-3)11(13)7-10/h6-8H,4-5,14H2,1-3H3. The Bertz CT molecular complexity index is 353. The second-order valence-corrected chi connectivity index (χ2v) is 4.38. The van der Waals surface area contributed by atoms with Crippen molar-refractivity contribution in [1.29, 1.82) is 0 Å². The van der Waals surface area contributed by atoms with Crippen molar-refractivity contribution in [3.8, 4) is 5.75 Å². The molecule has 0 saturated heterocycles. The topological polar surface area (TPSA) is 44.5 Å². The fourth-order valence-electron chi connectivity index (χ4n) is 1.59. The predicted octanol–water partition coefficient (Wildman–Crippen LogP) is 2.90. The molecule has 0 amide bonds. The third kappa shape index (κ3) is 3.11. The summed E-state index contributed by atoms with van der Waals surface area (Å²) in [6.07, 6.45) is 0.694. The van der Waals surface area contributed by atoms with Crippen molar-refractivity contribution in [2.45, 2.75) is 26.2 Å². The minimum atomic E-state index is 0.431. The second-order valence-electron chi connectivity index (χ2n) is 3.97. The Morgan fingerprint density at radius 1 is 1.38 bits per heavy atom. The lowest BCUT2D eigenvalue weighted by Crippen LogP contribution is -2.06. The van der Waals surface area contributed by atoms with Gasteiger partial charge in [0.05, 0.1) is 18.7 Å². The molecular formula is C12H18ClNO2. The Kier molecular flexibility index (Phi) is 5.06. The molecule has 0 aliphatic rings. The highest BCUT2D eigenvalue weighted by molar-refractivity contribution is 6.32. The molecule has 16 heavy (non-hydrogen) atoms. The minimum absolute atomic E-state index is 0.431. The number of hydrogen-bond acceptors (Lipinski definition) is 3. The SMILES string of the molecule is COc1c(Cl)cc(C(C)C)cc1CCON. The quantitative estimate of drug-likeness (QED) is 0.809. The molecule has 0 heterocycles. The first kappa shape index (κ1) is 13.3. The monoisotopic (exact) mass is 243 g/mol. The summed E-state index contributed by atoms with van der Waals surface area (Å²) in [6.45, 7) is 4.71. The van der Waals surface area contributed by atoms with Crippen LogP contribution in [0.2, 0.25) is 5.02 Å². The lowest BCUT2D eigenvalue weighted by molar-refractivity contribution is 0.140. The summed E-state index contributed by atoms with van der Waals surface area (Å²) in [7, 11) is 1.61. The fraction of sp³-hybridized carbons (Fsp3) is 0.500. The summed E-state index contributed by atoms with van der Waals surface area (Å²) in [4.78, 5) is 4.59. The molecule has 0 spiro atoms. The Hall–Kier alpha value is -0.770. The zero-order valence-electron chi connectivity index (χ0n) is 9.92. The van der Waals surface area contributed by atoms with Gasteiger partial charge in [0.1, 0.15) is 5.75 Å². The normalized spacial score (nSPS) is 10.9. The number of nitrogens with two attached hydrogens (primary N) is 1. The molecule has 1 rings (SSSR count). The number of rotatable bonds is 5. The van der Waals surface area contributed by atoms with E-state index < -0.39 is 0 Å². The van der Waals surface area contributed by atoms with Gasteiger partial charge in [-0.15, -0.1) is 0 Å². The number of methoxy groups -OCH3 is 1. The van der Waals surface area contributed by atoms with E-state index in [1.165, 1.54) is 5.56 Å². The van der Waals surface area contributed by atoms with Gasteiger partial charge in [0, 0.05) is 6.42 Å². The highest BCUT2D eigenvalue weighted by Gasteiger charge is 2.11. The molecule has 90 valence electrons. The third-order valence-corrected chi connectivity index (χ3v) is 2.78. The molecule has 3 nitrogen and oxygen atoms in total. The molecule has 0 bridgehead atoms. The molecule has 1 aromatic rings. The van der Waals surface area contributed by atoms with Crippen LogP contribution in [0.5, 0.6) is 5.75 Å². The third-order valence-electron chi connectivity index (χ3n) is 2.50. The van der Waals surface area contributed by atoms with Crippen molar-refractivity contribution in [3.05, 3.63) is 28.3 Å². The fourth-order valence-corrected chi connectivity index (χ4v) is 1.91. The summed E-state index contributed by atoms with van der Waals surface area (Å²) < 4.78 is 5.28. The molecule has 0 unspecified atom stereocenters. The van der Waals surface area contributed by atoms with Crippen LogP contribution in [0.4, 0.5) is 0 Å². The zero-order chi connectivity index (χ0) is 12.1. The first-order valence-corrected chi connectivity index (χ1v) is 5.66. The summed E-state index contributed by atoms with van der Waals surface area (Å²) in [6, 6.07) is 4.03. The van der Waals surface area contributed by atoms with Gasteiger partial charge in [-0.3, -0.25) is 0 Å². The average Bonchev–Trinajstić information content (AvgIpc) is 2.25. The highest BCUT2D eigenvalue weighted by Crippen LogP contribution is 2.32. The zero-order valence-corrected chi connectivity index (χ0v) is 10.7. The Balaban J connectivity index is 3.09. The maximum absolute atomic E-state index is 6.16. The maximum atomic E-state index is 6.16. The van der Waals surface area contributed by atoms with E-state index in [1.807, 2.05) is 6.07 Å². The van der Waals surface area contributed by atoms with Crippen molar-refractivity contribution in [2.24, 2.45) is 5.90 Å². The average molecular weight is 244 g/mol. The largest absolute Gasteiger partial charge is 0.495 e. The maximum Gasteiger partial charge on any atom is 0.140 e. The van der Waals surface area contributed by atoms with Gasteiger partial charge < -0.3 is 9.57 Å². The molecule has 1 aromatic carbocycles. The van der Waals surface area contributed by atoms with Crippen molar-refractivity contribution in [2.75, 3.05) is 13.7 Å². The van der Waals surface area contributed by atoms with E-state index in [9.17, 15) is 0 Å². The van der Waals surface area contributed by atoms with Gasteiger partial charge in [0.2, 0.25) is 0 Å². The number of ether oxygens (including phenoxy) is 1. The summed E-state index contributed by atoms with van der Waals surface area (Å²) in [5, 5.41) is 0.640. The molecule has 0 aromatic heterocycles. The summed E-state index contributed by atoms with van der Waals surface area (Å²) in [5.74, 6) is 6.17. The van der Waals surface area contributed by atoms with Gasteiger partial charge in [-0.05, 0) is 23.1 Å². The molecule has 4 heteroatoms. The van der Waals surface area contributed by atoms with Crippen molar-refractivity contribution in [1.82, 2.24) is 0 Å². The Labute approximate surface area is 101 Å². The second kappa shape index (κ2) is 6.09. The van der Waals surface area contributed by atoms with Gasteiger partial charge in [-0.25, -0.2) is 5.90 Å². The van der Waals surface area contributed by atoms with Crippen LogP contribution in [-0.4, -0.2) is 13.7 Å². The van der Waals surface area contributed by atoms with Gasteiger partial charge in [-0.1, -0.05) is 31.5 Å². The lowest BCUT2D eigenvalue weighted by atomic mass is 9.99.